The number of carbonyl (C=O) groups is 1. The summed E-state index contributed by atoms with van der Waals surface area (Å²) in [6.45, 7) is 0.217. The first-order valence-electron chi connectivity index (χ1n) is 8.37. The van der Waals surface area contributed by atoms with Gasteiger partial charge in [-0.05, 0) is 29.8 Å². The average molecular weight is 378 g/mol. The number of ether oxygens (including phenoxy) is 2. The van der Waals surface area contributed by atoms with Gasteiger partial charge in [0.25, 0.3) is 0 Å². The van der Waals surface area contributed by atoms with E-state index in [4.69, 9.17) is 13.9 Å². The van der Waals surface area contributed by atoms with Gasteiger partial charge in [0.2, 0.25) is 12.7 Å². The molecule has 134 valence electrons. The predicted octanol–water partition coefficient (Wildman–Crippen LogP) is 4.47. The maximum Gasteiger partial charge on any atom is 0.231 e. The number of rotatable bonds is 4. The summed E-state index contributed by atoms with van der Waals surface area (Å²) in [4.78, 5) is 16.8. The smallest absolute Gasteiger partial charge is 0.231 e. The number of hydrogen-bond donors (Lipinski definition) is 1. The van der Waals surface area contributed by atoms with Gasteiger partial charge in [-0.2, -0.15) is 0 Å². The summed E-state index contributed by atoms with van der Waals surface area (Å²) >= 11 is 1.37. The summed E-state index contributed by atoms with van der Waals surface area (Å²) in [5.41, 5.74) is 2.37. The molecule has 1 aliphatic heterocycles. The number of carbonyl (C=O) groups excluding carboxylic acids is 1. The minimum atomic E-state index is -0.139. The summed E-state index contributed by atoms with van der Waals surface area (Å²) in [7, 11) is 0. The molecule has 5 rings (SSSR count). The van der Waals surface area contributed by atoms with Crippen LogP contribution in [0.5, 0.6) is 11.5 Å². The van der Waals surface area contributed by atoms with Crippen molar-refractivity contribution >= 4 is 33.3 Å². The lowest BCUT2D eigenvalue weighted by Gasteiger charge is -2.03. The zero-order valence-corrected chi connectivity index (χ0v) is 14.9. The molecule has 0 atom stereocenters. The Morgan fingerprint density at radius 2 is 2.00 bits per heavy atom. The highest BCUT2D eigenvalue weighted by atomic mass is 32.1. The van der Waals surface area contributed by atoms with Gasteiger partial charge >= 0.3 is 0 Å². The number of nitrogens with one attached hydrogen (secondary N) is 1. The molecule has 6 nitrogen and oxygen atoms in total. The van der Waals surface area contributed by atoms with Crippen LogP contribution in [-0.2, 0) is 11.2 Å². The molecule has 0 aliphatic carbocycles. The zero-order valence-electron chi connectivity index (χ0n) is 14.1. The molecule has 27 heavy (non-hydrogen) atoms. The van der Waals surface area contributed by atoms with Gasteiger partial charge in [-0.3, -0.25) is 4.79 Å². The number of anilines is 1. The van der Waals surface area contributed by atoms with Crippen molar-refractivity contribution in [2.24, 2.45) is 0 Å². The molecule has 7 heteroatoms. The number of thiazole rings is 1. The van der Waals surface area contributed by atoms with E-state index >= 15 is 0 Å². The molecule has 0 saturated carbocycles. The Hall–Kier alpha value is -3.32. The summed E-state index contributed by atoms with van der Waals surface area (Å²) in [5, 5.41) is 6.27. The maximum atomic E-state index is 12.3. The van der Waals surface area contributed by atoms with Crippen LogP contribution in [0.25, 0.3) is 22.4 Å². The van der Waals surface area contributed by atoms with E-state index in [9.17, 15) is 4.79 Å². The van der Waals surface area contributed by atoms with Crippen molar-refractivity contribution in [1.82, 2.24) is 4.98 Å². The largest absolute Gasteiger partial charge is 0.454 e. The van der Waals surface area contributed by atoms with Crippen molar-refractivity contribution < 1.29 is 18.7 Å². The molecule has 1 N–H and O–H groups in total. The Morgan fingerprint density at radius 1 is 1.11 bits per heavy atom. The molecule has 0 radical (unpaired) electrons. The normalized spacial score (nSPS) is 12.4. The maximum absolute atomic E-state index is 12.3. The van der Waals surface area contributed by atoms with E-state index in [0.717, 1.165) is 16.5 Å². The van der Waals surface area contributed by atoms with Crippen molar-refractivity contribution in [3.05, 3.63) is 59.5 Å². The first-order chi connectivity index (χ1) is 13.2. The summed E-state index contributed by atoms with van der Waals surface area (Å²) < 4.78 is 16.4. The SMILES string of the molecule is O=C(Cc1ccc2c(c1)OCO2)Nc1nc(-c2cc3ccccc3o2)cs1. The minimum Gasteiger partial charge on any atom is -0.454 e. The molecular formula is C20H14N2O4S. The topological polar surface area (TPSA) is 73.6 Å². The number of para-hydroxylation sites is 1. The summed E-state index contributed by atoms with van der Waals surface area (Å²) in [6, 6.07) is 15.2. The van der Waals surface area contributed by atoms with E-state index in [0.29, 0.717) is 28.1 Å². The van der Waals surface area contributed by atoms with E-state index in [1.807, 2.05) is 53.9 Å². The fourth-order valence-electron chi connectivity index (χ4n) is 2.95. The Kier molecular flexibility index (Phi) is 3.79. The fourth-order valence-corrected chi connectivity index (χ4v) is 3.67. The van der Waals surface area contributed by atoms with E-state index in [-0.39, 0.29) is 19.1 Å². The van der Waals surface area contributed by atoms with Crippen molar-refractivity contribution in [2.45, 2.75) is 6.42 Å². The molecule has 4 aromatic rings. The van der Waals surface area contributed by atoms with Gasteiger partial charge in [0.1, 0.15) is 11.3 Å². The number of amides is 1. The number of nitrogens with zero attached hydrogens (tertiary/aromatic N) is 1. The van der Waals surface area contributed by atoms with Crippen LogP contribution < -0.4 is 14.8 Å². The third-order valence-electron chi connectivity index (χ3n) is 4.23. The first-order valence-corrected chi connectivity index (χ1v) is 9.25. The van der Waals surface area contributed by atoms with Gasteiger partial charge in [-0.1, -0.05) is 24.3 Å². The van der Waals surface area contributed by atoms with Gasteiger partial charge < -0.3 is 19.2 Å². The standard InChI is InChI=1S/C20H14N2O4S/c23-19(8-12-5-6-16-18(7-12)25-11-24-16)22-20-21-14(10-27-20)17-9-13-3-1-2-4-15(13)26-17/h1-7,9-10H,8,11H2,(H,21,22,23). The zero-order chi connectivity index (χ0) is 18.2. The van der Waals surface area contributed by atoms with Crippen LogP contribution in [0, 0.1) is 0 Å². The summed E-state index contributed by atoms with van der Waals surface area (Å²) in [6.07, 6.45) is 0.232. The molecule has 2 aromatic carbocycles. The highest BCUT2D eigenvalue weighted by Crippen LogP contribution is 2.33. The first kappa shape index (κ1) is 15.9. The molecule has 1 aliphatic rings. The fraction of sp³-hybridized carbons (Fsp3) is 0.100. The van der Waals surface area contributed by atoms with Gasteiger partial charge in [-0.25, -0.2) is 4.98 Å². The highest BCUT2D eigenvalue weighted by molar-refractivity contribution is 7.14. The third kappa shape index (κ3) is 3.13. The number of furan rings is 1. The lowest BCUT2D eigenvalue weighted by molar-refractivity contribution is -0.115. The second-order valence-corrected chi connectivity index (χ2v) is 6.96. The lowest BCUT2D eigenvalue weighted by Crippen LogP contribution is -2.14. The average Bonchev–Trinajstić information content (AvgIpc) is 3.39. The van der Waals surface area contributed by atoms with E-state index < -0.39 is 0 Å². The molecular weight excluding hydrogens is 364 g/mol. The van der Waals surface area contributed by atoms with Gasteiger partial charge in [0.05, 0.1) is 6.42 Å². The Morgan fingerprint density at radius 3 is 2.93 bits per heavy atom. The van der Waals surface area contributed by atoms with Gasteiger partial charge in [0, 0.05) is 10.8 Å². The monoisotopic (exact) mass is 378 g/mol. The Labute approximate surface area is 158 Å². The highest BCUT2D eigenvalue weighted by Gasteiger charge is 2.16. The number of benzene rings is 2. The summed E-state index contributed by atoms with van der Waals surface area (Å²) in [5.74, 6) is 1.92. The molecule has 0 fully saturated rings. The van der Waals surface area contributed by atoms with Crippen molar-refractivity contribution in [3.8, 4) is 23.0 Å². The van der Waals surface area contributed by atoms with Crippen LogP contribution in [0.2, 0.25) is 0 Å². The van der Waals surface area contributed by atoms with Crippen LogP contribution in [0.4, 0.5) is 5.13 Å². The second-order valence-electron chi connectivity index (χ2n) is 6.10. The van der Waals surface area contributed by atoms with Gasteiger partial charge in [0.15, 0.2) is 22.4 Å². The quantitative estimate of drug-likeness (QED) is 0.567. The predicted molar refractivity (Wildman–Crippen MR) is 102 cm³/mol. The van der Waals surface area contributed by atoms with E-state index in [1.54, 1.807) is 0 Å². The second kappa shape index (κ2) is 6.44. The molecule has 1 amide bonds. The van der Waals surface area contributed by atoms with Crippen LogP contribution in [0.15, 0.2) is 58.3 Å². The number of hydrogen-bond acceptors (Lipinski definition) is 6. The van der Waals surface area contributed by atoms with Crippen LogP contribution in [-0.4, -0.2) is 17.7 Å². The van der Waals surface area contributed by atoms with Crippen molar-refractivity contribution in [2.75, 3.05) is 12.1 Å². The van der Waals surface area contributed by atoms with Crippen molar-refractivity contribution in [1.29, 1.82) is 0 Å². The minimum absolute atomic E-state index is 0.139. The van der Waals surface area contributed by atoms with Crippen LogP contribution >= 0.6 is 11.3 Å². The molecule has 2 aromatic heterocycles. The third-order valence-corrected chi connectivity index (χ3v) is 4.99. The van der Waals surface area contributed by atoms with Crippen LogP contribution in [0.3, 0.4) is 0 Å². The Balaban J connectivity index is 1.29. The number of fused-ring (bicyclic) bond motifs is 2. The molecule has 0 saturated heterocycles. The molecule has 3 heterocycles. The molecule has 0 unspecified atom stereocenters. The molecule has 0 spiro atoms. The van der Waals surface area contributed by atoms with Crippen molar-refractivity contribution in [3.63, 3.8) is 0 Å². The van der Waals surface area contributed by atoms with Gasteiger partial charge in [-0.15, -0.1) is 11.3 Å². The van der Waals surface area contributed by atoms with Crippen LogP contribution in [0.1, 0.15) is 5.56 Å². The molecule has 0 bridgehead atoms. The number of aromatic nitrogens is 1. The Bertz CT molecular complexity index is 1110. The van der Waals surface area contributed by atoms with E-state index in [2.05, 4.69) is 10.3 Å². The lowest BCUT2D eigenvalue weighted by atomic mass is 10.1. The van der Waals surface area contributed by atoms with E-state index in [1.165, 1.54) is 11.3 Å².